The van der Waals surface area contributed by atoms with Gasteiger partial charge in [-0.15, -0.1) is 24.0 Å². The van der Waals surface area contributed by atoms with Crippen LogP contribution in [-0.2, 0) is 19.0 Å². The number of carbonyl (C=O) groups is 1. The topological polar surface area (TPSA) is 72.4 Å². The molecule has 25 heavy (non-hydrogen) atoms. The second kappa shape index (κ2) is 15.6. The summed E-state index contributed by atoms with van der Waals surface area (Å²) in [6, 6.07) is 0. The van der Waals surface area contributed by atoms with Crippen LogP contribution < -0.4 is 5.32 Å². The van der Waals surface area contributed by atoms with Crippen molar-refractivity contribution >= 4 is 35.9 Å². The van der Waals surface area contributed by atoms with Crippen molar-refractivity contribution in [1.82, 2.24) is 10.2 Å². The first-order valence-corrected chi connectivity index (χ1v) is 8.99. The zero-order valence-corrected chi connectivity index (χ0v) is 18.1. The highest BCUT2D eigenvalue weighted by molar-refractivity contribution is 14.0. The predicted molar refractivity (Wildman–Crippen MR) is 110 cm³/mol. The van der Waals surface area contributed by atoms with Gasteiger partial charge in [0.25, 0.3) is 0 Å². The summed E-state index contributed by atoms with van der Waals surface area (Å²) in [5, 5.41) is 3.33. The molecule has 0 radical (unpaired) electrons. The van der Waals surface area contributed by atoms with Crippen molar-refractivity contribution in [2.45, 2.75) is 33.1 Å². The summed E-state index contributed by atoms with van der Waals surface area (Å²) < 4.78 is 15.5. The number of methoxy groups -OCH3 is 1. The number of carbonyl (C=O) groups excluding carboxylic acids is 1. The van der Waals surface area contributed by atoms with Gasteiger partial charge in [0.2, 0.25) is 0 Å². The summed E-state index contributed by atoms with van der Waals surface area (Å²) in [6.45, 7) is 9.54. The Morgan fingerprint density at radius 3 is 2.52 bits per heavy atom. The fraction of sp³-hybridized carbons (Fsp3) is 0.882. The SMILES string of the molecule is CCNC(=NCCCOCCOC)N1CCC(C(=O)OCC)CC1.I. The summed E-state index contributed by atoms with van der Waals surface area (Å²) in [5.74, 6) is 0.891. The van der Waals surface area contributed by atoms with Gasteiger partial charge in [0, 0.05) is 39.9 Å². The van der Waals surface area contributed by atoms with E-state index in [4.69, 9.17) is 14.2 Å². The van der Waals surface area contributed by atoms with E-state index in [1.165, 1.54) is 0 Å². The lowest BCUT2D eigenvalue weighted by molar-refractivity contribution is -0.149. The van der Waals surface area contributed by atoms with Gasteiger partial charge < -0.3 is 24.4 Å². The van der Waals surface area contributed by atoms with Crippen molar-refractivity contribution in [3.63, 3.8) is 0 Å². The molecule has 1 fully saturated rings. The van der Waals surface area contributed by atoms with Crippen molar-refractivity contribution in [3.05, 3.63) is 0 Å². The van der Waals surface area contributed by atoms with Gasteiger partial charge in [0.15, 0.2) is 5.96 Å². The molecule has 1 aliphatic heterocycles. The Balaban J connectivity index is 0.00000576. The Bertz CT molecular complexity index is 375. The molecule has 1 rings (SSSR count). The molecule has 8 heteroatoms. The number of rotatable bonds is 10. The zero-order chi connectivity index (χ0) is 17.6. The first-order valence-electron chi connectivity index (χ1n) is 8.99. The van der Waals surface area contributed by atoms with E-state index < -0.39 is 0 Å². The summed E-state index contributed by atoms with van der Waals surface area (Å²) in [6.07, 6.45) is 2.53. The number of nitrogens with one attached hydrogen (secondary N) is 1. The Morgan fingerprint density at radius 2 is 1.92 bits per heavy atom. The highest BCUT2D eigenvalue weighted by Gasteiger charge is 2.27. The fourth-order valence-electron chi connectivity index (χ4n) is 2.61. The van der Waals surface area contributed by atoms with Crippen molar-refractivity contribution in [2.75, 3.05) is 59.7 Å². The maximum Gasteiger partial charge on any atom is 0.309 e. The van der Waals surface area contributed by atoms with E-state index in [0.29, 0.717) is 26.4 Å². The number of aliphatic imine (C=N–C) groups is 1. The minimum Gasteiger partial charge on any atom is -0.466 e. The molecule has 0 unspecified atom stereocenters. The Kier molecular flexibility index (Phi) is 15.2. The third-order valence-corrected chi connectivity index (χ3v) is 3.89. The number of hydrogen-bond donors (Lipinski definition) is 1. The highest BCUT2D eigenvalue weighted by Crippen LogP contribution is 2.18. The molecule has 0 aliphatic carbocycles. The molecule has 1 aliphatic rings. The molecule has 0 spiro atoms. The molecule has 0 saturated carbocycles. The summed E-state index contributed by atoms with van der Waals surface area (Å²) in [7, 11) is 1.67. The van der Waals surface area contributed by atoms with Crippen LogP contribution in [0.5, 0.6) is 0 Å². The summed E-state index contributed by atoms with van der Waals surface area (Å²) in [4.78, 5) is 18.7. The van der Waals surface area contributed by atoms with Gasteiger partial charge in [-0.3, -0.25) is 9.79 Å². The number of piperidine rings is 1. The molecule has 0 aromatic rings. The number of esters is 1. The van der Waals surface area contributed by atoms with E-state index in [9.17, 15) is 4.79 Å². The molecule has 0 atom stereocenters. The third-order valence-electron chi connectivity index (χ3n) is 3.89. The quantitative estimate of drug-likeness (QED) is 0.173. The molecule has 1 N–H and O–H groups in total. The predicted octanol–water partition coefficient (Wildman–Crippen LogP) is 1.90. The van der Waals surface area contributed by atoms with Crippen LogP contribution >= 0.6 is 24.0 Å². The second-order valence-corrected chi connectivity index (χ2v) is 5.71. The molecule has 148 valence electrons. The van der Waals surface area contributed by atoms with Crippen LogP contribution in [0.2, 0.25) is 0 Å². The first-order chi connectivity index (χ1) is 11.7. The van der Waals surface area contributed by atoms with Gasteiger partial charge in [-0.2, -0.15) is 0 Å². The van der Waals surface area contributed by atoms with Gasteiger partial charge in [-0.1, -0.05) is 0 Å². The van der Waals surface area contributed by atoms with E-state index in [1.807, 2.05) is 6.92 Å². The third kappa shape index (κ3) is 10.2. The molecule has 0 bridgehead atoms. The normalized spacial score (nSPS) is 15.6. The van der Waals surface area contributed by atoms with E-state index in [1.54, 1.807) is 7.11 Å². The Morgan fingerprint density at radius 1 is 1.20 bits per heavy atom. The van der Waals surface area contributed by atoms with Crippen LogP contribution in [0.25, 0.3) is 0 Å². The summed E-state index contributed by atoms with van der Waals surface area (Å²) >= 11 is 0. The van der Waals surface area contributed by atoms with Crippen LogP contribution in [-0.4, -0.2) is 76.5 Å². The average Bonchev–Trinajstić information content (AvgIpc) is 2.60. The minimum absolute atomic E-state index is 0. The highest BCUT2D eigenvalue weighted by atomic mass is 127. The maximum absolute atomic E-state index is 11.8. The maximum atomic E-state index is 11.8. The second-order valence-electron chi connectivity index (χ2n) is 5.71. The minimum atomic E-state index is -0.0627. The van der Waals surface area contributed by atoms with Crippen LogP contribution in [0.4, 0.5) is 0 Å². The lowest BCUT2D eigenvalue weighted by Crippen LogP contribution is -2.46. The first kappa shape index (κ1) is 24.4. The van der Waals surface area contributed by atoms with Crippen molar-refractivity contribution in [3.8, 4) is 0 Å². The number of likely N-dealkylation sites (tertiary alicyclic amines) is 1. The Hall–Kier alpha value is -0.610. The van der Waals surface area contributed by atoms with E-state index in [-0.39, 0.29) is 35.9 Å². The number of nitrogens with zero attached hydrogens (tertiary/aromatic N) is 2. The van der Waals surface area contributed by atoms with E-state index >= 15 is 0 Å². The molecule has 7 nitrogen and oxygen atoms in total. The van der Waals surface area contributed by atoms with Crippen LogP contribution in [0.1, 0.15) is 33.1 Å². The monoisotopic (exact) mass is 471 g/mol. The Labute approximate surface area is 168 Å². The van der Waals surface area contributed by atoms with Gasteiger partial charge in [0.05, 0.1) is 25.7 Å². The lowest BCUT2D eigenvalue weighted by Gasteiger charge is -2.33. The molecular formula is C17H34IN3O4. The van der Waals surface area contributed by atoms with Gasteiger partial charge in [0.1, 0.15) is 0 Å². The van der Waals surface area contributed by atoms with Crippen LogP contribution in [0.15, 0.2) is 4.99 Å². The molecule has 1 heterocycles. The lowest BCUT2D eigenvalue weighted by atomic mass is 9.97. The molecule has 0 aromatic carbocycles. The number of hydrogen-bond acceptors (Lipinski definition) is 5. The summed E-state index contributed by atoms with van der Waals surface area (Å²) in [5.41, 5.74) is 0. The van der Waals surface area contributed by atoms with Crippen LogP contribution in [0.3, 0.4) is 0 Å². The standard InChI is InChI=1S/C17H33N3O4.HI/c1-4-18-17(19-9-6-12-23-14-13-22-3)20-10-7-15(8-11-20)16(21)24-5-2;/h15H,4-14H2,1-3H3,(H,18,19);1H. The molecule has 0 aromatic heterocycles. The molecular weight excluding hydrogens is 437 g/mol. The number of halogens is 1. The largest absolute Gasteiger partial charge is 0.466 e. The number of ether oxygens (including phenoxy) is 3. The van der Waals surface area contributed by atoms with Gasteiger partial charge in [-0.05, 0) is 33.1 Å². The number of guanidine groups is 1. The zero-order valence-electron chi connectivity index (χ0n) is 15.8. The van der Waals surface area contributed by atoms with Crippen LogP contribution in [0, 0.1) is 5.92 Å². The fourth-order valence-corrected chi connectivity index (χ4v) is 2.61. The molecule has 1 saturated heterocycles. The van der Waals surface area contributed by atoms with Crippen molar-refractivity contribution in [2.24, 2.45) is 10.9 Å². The molecule has 0 amide bonds. The van der Waals surface area contributed by atoms with Gasteiger partial charge >= 0.3 is 5.97 Å². The van der Waals surface area contributed by atoms with Gasteiger partial charge in [-0.25, -0.2) is 0 Å². The average molecular weight is 471 g/mol. The van der Waals surface area contributed by atoms with Crippen molar-refractivity contribution in [1.29, 1.82) is 0 Å². The van der Waals surface area contributed by atoms with E-state index in [0.717, 1.165) is 51.4 Å². The smallest absolute Gasteiger partial charge is 0.309 e. The van der Waals surface area contributed by atoms with E-state index in [2.05, 4.69) is 22.1 Å². The van der Waals surface area contributed by atoms with Crippen molar-refractivity contribution < 1.29 is 19.0 Å².